The van der Waals surface area contributed by atoms with Crippen molar-refractivity contribution in [3.63, 3.8) is 0 Å². The number of ether oxygens (including phenoxy) is 2. The van der Waals surface area contributed by atoms with Crippen molar-refractivity contribution < 1.29 is 32.0 Å². The quantitative estimate of drug-likeness (QED) is 0.277. The van der Waals surface area contributed by atoms with Gasteiger partial charge in [0.05, 0.1) is 32.4 Å². The van der Waals surface area contributed by atoms with E-state index in [1.807, 2.05) is 0 Å². The molecule has 204 valence electrons. The van der Waals surface area contributed by atoms with E-state index in [1.54, 1.807) is 24.1 Å². The number of hydrogen-bond donors (Lipinski definition) is 1. The molecule has 0 aliphatic carbocycles. The summed E-state index contributed by atoms with van der Waals surface area (Å²) < 4.78 is 76.8. The van der Waals surface area contributed by atoms with Gasteiger partial charge >= 0.3 is 5.97 Å². The van der Waals surface area contributed by atoms with Crippen LogP contribution in [0.25, 0.3) is 11.0 Å². The Balaban J connectivity index is 1.34. The van der Waals surface area contributed by atoms with Gasteiger partial charge in [-0.05, 0) is 63.2 Å². The van der Waals surface area contributed by atoms with Crippen LogP contribution in [0.15, 0.2) is 48.5 Å². The Labute approximate surface area is 239 Å². The van der Waals surface area contributed by atoms with Gasteiger partial charge in [-0.3, -0.25) is 4.90 Å². The SMILES string of the molecule is [2H]C([2H])(C)Oc1cc(C(=O)O)cc2c1nc(C([2H])([2H])N1CCC(c3cccc(OC([2H])([2H])c4ccc(Cl)cc4F)n3)CC1)n2C. The van der Waals surface area contributed by atoms with Crippen LogP contribution in [0, 0.1) is 5.82 Å². The summed E-state index contributed by atoms with van der Waals surface area (Å²) in [5.41, 5.74) is 0.578. The Hall–Kier alpha value is -3.69. The van der Waals surface area contributed by atoms with Crippen molar-refractivity contribution in [1.82, 2.24) is 19.4 Å². The van der Waals surface area contributed by atoms with Gasteiger partial charge in [-0.1, -0.05) is 23.7 Å². The molecule has 10 heteroatoms. The Morgan fingerprint density at radius 2 is 1.97 bits per heavy atom. The average molecular weight is 559 g/mol. The first kappa shape index (κ1) is 20.2. The largest absolute Gasteiger partial charge is 0.492 e. The number of likely N-dealkylation sites (tertiary alicyclic amines) is 1. The van der Waals surface area contributed by atoms with Crippen molar-refractivity contribution >= 4 is 28.6 Å². The van der Waals surface area contributed by atoms with Crippen LogP contribution >= 0.6 is 11.6 Å². The van der Waals surface area contributed by atoms with E-state index in [1.165, 1.54) is 41.8 Å². The molecule has 5 rings (SSSR count). The third-order valence-corrected chi connectivity index (χ3v) is 6.76. The number of hydrogen-bond acceptors (Lipinski definition) is 6. The molecule has 0 radical (unpaired) electrons. The lowest BCUT2D eigenvalue weighted by Gasteiger charge is -2.31. The highest BCUT2D eigenvalue weighted by molar-refractivity contribution is 6.30. The van der Waals surface area contributed by atoms with Gasteiger partial charge in [-0.2, -0.15) is 0 Å². The second kappa shape index (κ2) is 11.6. The second-order valence-electron chi connectivity index (χ2n) is 9.05. The second-order valence-corrected chi connectivity index (χ2v) is 9.49. The average Bonchev–Trinajstić information content (AvgIpc) is 3.29. The molecule has 0 spiro atoms. The molecule has 0 amide bonds. The number of rotatable bonds is 9. The van der Waals surface area contributed by atoms with Crippen molar-refractivity contribution in [2.24, 2.45) is 7.05 Å². The van der Waals surface area contributed by atoms with Gasteiger partial charge in [0.2, 0.25) is 5.88 Å². The fourth-order valence-electron chi connectivity index (χ4n) is 4.49. The molecular weight excluding hydrogens is 523 g/mol. The molecule has 1 fully saturated rings. The van der Waals surface area contributed by atoms with Crippen LogP contribution in [0.5, 0.6) is 11.6 Å². The molecule has 1 saturated heterocycles. The van der Waals surface area contributed by atoms with Crippen LogP contribution in [-0.2, 0) is 20.1 Å². The zero-order valence-corrected chi connectivity index (χ0v) is 22.0. The molecule has 39 heavy (non-hydrogen) atoms. The Bertz CT molecular complexity index is 1760. The fourth-order valence-corrected chi connectivity index (χ4v) is 4.65. The van der Waals surface area contributed by atoms with E-state index >= 15 is 0 Å². The first-order chi connectivity index (χ1) is 21.0. The number of aromatic carboxylic acids is 1. The van der Waals surface area contributed by atoms with Crippen LogP contribution < -0.4 is 9.47 Å². The molecule has 0 saturated carbocycles. The van der Waals surface area contributed by atoms with E-state index in [-0.39, 0.29) is 50.6 Å². The lowest BCUT2D eigenvalue weighted by Crippen LogP contribution is -2.33. The zero-order valence-electron chi connectivity index (χ0n) is 27.2. The summed E-state index contributed by atoms with van der Waals surface area (Å²) in [7, 11) is 1.56. The van der Waals surface area contributed by atoms with Gasteiger partial charge in [0.1, 0.15) is 29.5 Å². The third kappa shape index (κ3) is 5.99. The molecule has 0 bridgehead atoms. The number of pyridine rings is 1. The molecular formula is C29H30ClFN4O4. The van der Waals surface area contributed by atoms with Gasteiger partial charge in [-0.15, -0.1) is 0 Å². The smallest absolute Gasteiger partial charge is 0.335 e. The third-order valence-electron chi connectivity index (χ3n) is 6.52. The van der Waals surface area contributed by atoms with Crippen molar-refractivity contribution in [2.45, 2.75) is 38.7 Å². The van der Waals surface area contributed by atoms with Gasteiger partial charge in [0, 0.05) is 35.3 Å². The molecule has 8 nitrogen and oxygen atoms in total. The van der Waals surface area contributed by atoms with Crippen LogP contribution in [0.2, 0.25) is 5.02 Å². The Kier molecular flexibility index (Phi) is 6.02. The fraction of sp³-hybridized carbons (Fsp3) is 0.345. The van der Waals surface area contributed by atoms with Crippen LogP contribution in [-0.4, -0.2) is 50.2 Å². The molecule has 1 N–H and O–H groups in total. The van der Waals surface area contributed by atoms with E-state index in [0.29, 0.717) is 31.6 Å². The highest BCUT2D eigenvalue weighted by Gasteiger charge is 2.24. The molecule has 3 heterocycles. The van der Waals surface area contributed by atoms with E-state index in [9.17, 15) is 14.3 Å². The number of nitrogens with zero attached hydrogens (tertiary/aromatic N) is 4. The van der Waals surface area contributed by atoms with Gasteiger partial charge in [-0.25, -0.2) is 19.2 Å². The number of aromatic nitrogens is 3. The minimum atomic E-state index is -2.51. The molecule has 4 aromatic rings. The Morgan fingerprint density at radius 3 is 2.69 bits per heavy atom. The number of carboxylic acid groups (broad SMARTS) is 1. The normalized spacial score (nSPS) is 17.9. The van der Waals surface area contributed by atoms with E-state index < -0.39 is 31.4 Å². The topological polar surface area (TPSA) is 89.7 Å². The first-order valence-electron chi connectivity index (χ1n) is 15.3. The number of fused-ring (bicyclic) bond motifs is 1. The predicted molar refractivity (Wildman–Crippen MR) is 146 cm³/mol. The molecule has 1 aliphatic heterocycles. The van der Waals surface area contributed by atoms with Crippen molar-refractivity contribution in [3.05, 3.63) is 82.0 Å². The number of halogens is 2. The lowest BCUT2D eigenvalue weighted by atomic mass is 9.93. The van der Waals surface area contributed by atoms with Crippen molar-refractivity contribution in [3.8, 4) is 11.6 Å². The molecule has 1 aliphatic rings. The number of aryl methyl sites for hydroxylation is 1. The van der Waals surface area contributed by atoms with Crippen molar-refractivity contribution in [1.29, 1.82) is 0 Å². The summed E-state index contributed by atoms with van der Waals surface area (Å²) in [5, 5.41) is 9.71. The standard InChI is InChI=1S/C29H30ClFN4O4/c1-3-38-25-14-20(29(36)37)13-24-28(25)33-26(34(24)2)16-35-11-9-18(10-12-35)23-5-4-6-27(32-23)39-17-19-7-8-21(30)15-22(19)31/h4-8,13-15,18H,3,9-12,16-17H2,1-2H3,(H,36,37)/i3D2,16D2,17D2. The highest BCUT2D eigenvalue weighted by atomic mass is 35.5. The molecule has 2 aromatic carbocycles. The van der Waals surface area contributed by atoms with Gasteiger partial charge in [0.15, 0.2) is 0 Å². The Morgan fingerprint density at radius 1 is 1.18 bits per heavy atom. The number of imidazole rings is 1. The molecule has 2 aromatic heterocycles. The summed E-state index contributed by atoms with van der Waals surface area (Å²) in [6.45, 7) is -4.93. The first-order valence-corrected chi connectivity index (χ1v) is 12.6. The van der Waals surface area contributed by atoms with Crippen LogP contribution in [0.3, 0.4) is 0 Å². The number of benzene rings is 2. The van der Waals surface area contributed by atoms with E-state index in [2.05, 4.69) is 9.97 Å². The monoisotopic (exact) mass is 558 g/mol. The number of carbonyl (C=O) groups is 1. The maximum Gasteiger partial charge on any atom is 0.335 e. The highest BCUT2D eigenvalue weighted by Crippen LogP contribution is 2.31. The van der Waals surface area contributed by atoms with Crippen molar-refractivity contribution in [2.75, 3.05) is 19.6 Å². The van der Waals surface area contributed by atoms with Crippen LogP contribution in [0.4, 0.5) is 4.39 Å². The minimum Gasteiger partial charge on any atom is -0.492 e. The molecule has 0 unspecified atom stereocenters. The predicted octanol–water partition coefficient (Wildman–Crippen LogP) is 5.82. The summed E-state index contributed by atoms with van der Waals surface area (Å²) in [4.78, 5) is 22.3. The maximum absolute atomic E-state index is 14.4. The number of piperidine rings is 1. The van der Waals surface area contributed by atoms with E-state index in [0.717, 1.165) is 6.07 Å². The van der Waals surface area contributed by atoms with E-state index in [4.69, 9.17) is 29.3 Å². The van der Waals surface area contributed by atoms with Gasteiger partial charge in [0.25, 0.3) is 0 Å². The summed E-state index contributed by atoms with van der Waals surface area (Å²) in [6, 6.07) is 11.0. The minimum absolute atomic E-state index is 0.00480. The summed E-state index contributed by atoms with van der Waals surface area (Å²) >= 11 is 5.79. The lowest BCUT2D eigenvalue weighted by molar-refractivity contribution is 0.0696. The zero-order chi connectivity index (χ0) is 32.9. The summed E-state index contributed by atoms with van der Waals surface area (Å²) in [5.74, 6) is -2.32. The number of carboxylic acids is 1. The molecule has 0 atom stereocenters. The summed E-state index contributed by atoms with van der Waals surface area (Å²) in [6.07, 6.45) is 1.01. The maximum atomic E-state index is 14.4. The van der Waals surface area contributed by atoms with Gasteiger partial charge < -0.3 is 19.1 Å². The van der Waals surface area contributed by atoms with Crippen LogP contribution in [0.1, 0.15) is 61.3 Å².